The summed E-state index contributed by atoms with van der Waals surface area (Å²) in [6, 6.07) is 11.6. The third-order valence-electron chi connectivity index (χ3n) is 5.93. The highest BCUT2D eigenvalue weighted by molar-refractivity contribution is 14.1. The lowest BCUT2D eigenvalue weighted by atomic mass is 10.0. The average Bonchev–Trinajstić information content (AvgIpc) is 3.52. The van der Waals surface area contributed by atoms with Crippen LogP contribution in [0.2, 0.25) is 0 Å². The Labute approximate surface area is 214 Å². The zero-order chi connectivity index (χ0) is 24.5. The van der Waals surface area contributed by atoms with Gasteiger partial charge in [-0.2, -0.15) is 5.10 Å². The minimum absolute atomic E-state index is 0.312. The molecular formula is C24H21F2IN6O2. The van der Waals surface area contributed by atoms with Crippen LogP contribution in [-0.2, 0) is 0 Å². The van der Waals surface area contributed by atoms with Crippen molar-refractivity contribution in [1.82, 2.24) is 14.6 Å². The number of nitrogens with zero attached hydrogens (tertiary/aromatic N) is 5. The summed E-state index contributed by atoms with van der Waals surface area (Å²) in [6.45, 7) is 0.652. The van der Waals surface area contributed by atoms with Crippen molar-refractivity contribution in [2.75, 3.05) is 27.0 Å². The summed E-state index contributed by atoms with van der Waals surface area (Å²) in [7, 11) is 1.57. The van der Waals surface area contributed by atoms with Gasteiger partial charge in [-0.05, 0) is 61.4 Å². The number of benzene rings is 2. The molecule has 8 nitrogen and oxygen atoms in total. The van der Waals surface area contributed by atoms with E-state index >= 15 is 0 Å². The van der Waals surface area contributed by atoms with Gasteiger partial charge in [0.1, 0.15) is 28.9 Å². The molecule has 1 atom stereocenters. The molecule has 1 fully saturated rings. The number of nitrogens with one attached hydrogen (secondary N) is 1. The number of methoxy groups -OCH3 is 1. The van der Waals surface area contributed by atoms with E-state index in [1.807, 2.05) is 27.8 Å². The molecular weight excluding hydrogens is 569 g/mol. The van der Waals surface area contributed by atoms with Crippen molar-refractivity contribution >= 4 is 51.7 Å². The number of rotatable bonds is 5. The summed E-state index contributed by atoms with van der Waals surface area (Å²) in [5, 5.41) is 7.13. The molecule has 11 heteroatoms. The highest BCUT2D eigenvalue weighted by Gasteiger charge is 2.30. The van der Waals surface area contributed by atoms with E-state index in [-0.39, 0.29) is 12.1 Å². The van der Waals surface area contributed by atoms with Crippen LogP contribution in [0, 0.1) is 11.6 Å². The molecule has 5 rings (SSSR count). The van der Waals surface area contributed by atoms with Crippen molar-refractivity contribution in [2.24, 2.45) is 0 Å². The third-order valence-corrected chi connectivity index (χ3v) is 6.89. The normalized spacial score (nSPS) is 15.4. The van der Waals surface area contributed by atoms with E-state index in [0.717, 1.165) is 18.6 Å². The van der Waals surface area contributed by atoms with Gasteiger partial charge in [-0.1, -0.05) is 0 Å². The first-order valence-corrected chi connectivity index (χ1v) is 11.9. The number of carbonyl (C=O) groups is 1. The van der Waals surface area contributed by atoms with Crippen LogP contribution in [0.5, 0.6) is 5.75 Å². The monoisotopic (exact) mass is 590 g/mol. The van der Waals surface area contributed by atoms with Crippen LogP contribution in [0.25, 0.3) is 5.65 Å². The average molecular weight is 590 g/mol. The Morgan fingerprint density at radius 1 is 1.20 bits per heavy atom. The number of carbonyl (C=O) groups excluding carboxylic acids is 1. The van der Waals surface area contributed by atoms with E-state index in [4.69, 9.17) is 9.72 Å². The van der Waals surface area contributed by atoms with Crippen LogP contribution in [0.3, 0.4) is 0 Å². The molecule has 1 N–H and O–H groups in total. The third kappa shape index (κ3) is 4.59. The molecule has 2 aromatic carbocycles. The number of hydrogen-bond acceptors (Lipinski definition) is 5. The van der Waals surface area contributed by atoms with Gasteiger partial charge >= 0.3 is 6.03 Å². The largest absolute Gasteiger partial charge is 0.497 e. The topological polar surface area (TPSA) is 75.0 Å². The molecule has 0 bridgehead atoms. The SMILES string of the molecule is COc1ccc(NC(=O)N(I)c2cnn3ccc(N4CCCC4c4cc(F)ccc4F)nc23)cc1. The molecule has 2 amide bonds. The fraction of sp³-hybridized carbons (Fsp3) is 0.208. The van der Waals surface area contributed by atoms with Gasteiger partial charge in [-0.25, -0.2) is 26.2 Å². The van der Waals surface area contributed by atoms with E-state index in [0.29, 0.717) is 47.1 Å². The molecule has 4 aromatic rings. The first kappa shape index (κ1) is 23.3. The van der Waals surface area contributed by atoms with Crippen LogP contribution in [0.4, 0.5) is 30.8 Å². The van der Waals surface area contributed by atoms with Crippen LogP contribution >= 0.6 is 22.9 Å². The summed E-state index contributed by atoms with van der Waals surface area (Å²) in [4.78, 5) is 19.6. The molecule has 0 aliphatic carbocycles. The second kappa shape index (κ2) is 9.64. The number of hydrogen-bond donors (Lipinski definition) is 1. The Kier molecular flexibility index (Phi) is 6.41. The maximum absolute atomic E-state index is 14.5. The van der Waals surface area contributed by atoms with Crippen molar-refractivity contribution in [3.05, 3.63) is 78.1 Å². The molecule has 0 spiro atoms. The summed E-state index contributed by atoms with van der Waals surface area (Å²) in [6.07, 6.45) is 4.80. The van der Waals surface area contributed by atoms with Gasteiger partial charge in [-0.3, -0.25) is 0 Å². The Bertz CT molecular complexity index is 1380. The predicted molar refractivity (Wildman–Crippen MR) is 137 cm³/mol. The van der Waals surface area contributed by atoms with Crippen molar-refractivity contribution in [3.8, 4) is 5.75 Å². The molecule has 3 heterocycles. The first-order valence-electron chi connectivity index (χ1n) is 10.9. The van der Waals surface area contributed by atoms with Gasteiger partial charge in [0, 0.05) is 24.0 Å². The molecule has 2 aromatic heterocycles. The second-order valence-corrected chi connectivity index (χ2v) is 9.01. The van der Waals surface area contributed by atoms with E-state index in [1.54, 1.807) is 54.4 Å². The molecule has 0 saturated carbocycles. The number of halogens is 3. The Balaban J connectivity index is 1.42. The highest BCUT2D eigenvalue weighted by atomic mass is 127. The standard InChI is InChI=1S/C24H21F2IN6O2/c1-35-17-7-5-16(6-8-17)29-24(34)33(27)21-14-28-32-12-10-22(30-23(21)32)31-11-2-3-20(31)18-13-15(25)4-9-19(18)26/h4-10,12-14,20H,2-3,11H2,1H3,(H,29,34). The van der Waals surface area contributed by atoms with Crippen molar-refractivity contribution in [3.63, 3.8) is 0 Å². The summed E-state index contributed by atoms with van der Waals surface area (Å²) >= 11 is 1.90. The van der Waals surface area contributed by atoms with Crippen molar-refractivity contribution in [1.29, 1.82) is 0 Å². The van der Waals surface area contributed by atoms with E-state index in [1.165, 1.54) is 9.18 Å². The zero-order valence-electron chi connectivity index (χ0n) is 18.7. The number of anilines is 3. The Morgan fingerprint density at radius 2 is 2.00 bits per heavy atom. The highest BCUT2D eigenvalue weighted by Crippen LogP contribution is 2.37. The molecule has 180 valence electrons. The number of urea groups is 1. The number of ether oxygens (including phenoxy) is 1. The molecule has 0 radical (unpaired) electrons. The fourth-order valence-corrected chi connectivity index (χ4v) is 4.70. The van der Waals surface area contributed by atoms with Crippen LogP contribution in [-0.4, -0.2) is 34.3 Å². The van der Waals surface area contributed by atoms with E-state index in [2.05, 4.69) is 10.4 Å². The van der Waals surface area contributed by atoms with E-state index in [9.17, 15) is 13.6 Å². The first-order chi connectivity index (χ1) is 16.9. The quantitative estimate of drug-likeness (QED) is 0.237. The fourth-order valence-electron chi connectivity index (χ4n) is 4.24. The molecule has 35 heavy (non-hydrogen) atoms. The van der Waals surface area contributed by atoms with Crippen molar-refractivity contribution in [2.45, 2.75) is 18.9 Å². The molecule has 1 saturated heterocycles. The number of aromatic nitrogens is 3. The lowest BCUT2D eigenvalue weighted by Crippen LogP contribution is -2.26. The minimum Gasteiger partial charge on any atom is -0.497 e. The number of fused-ring (bicyclic) bond motifs is 1. The summed E-state index contributed by atoms with van der Waals surface area (Å²) < 4.78 is 36.5. The maximum atomic E-state index is 14.5. The summed E-state index contributed by atoms with van der Waals surface area (Å²) in [5.74, 6) is 0.374. The Morgan fingerprint density at radius 3 is 2.77 bits per heavy atom. The summed E-state index contributed by atoms with van der Waals surface area (Å²) in [5.41, 5.74) is 1.88. The van der Waals surface area contributed by atoms with Crippen LogP contribution < -0.4 is 18.1 Å². The van der Waals surface area contributed by atoms with Gasteiger partial charge in [0.2, 0.25) is 0 Å². The molecule has 1 aliphatic rings. The van der Waals surface area contributed by atoms with Crippen LogP contribution in [0.1, 0.15) is 24.4 Å². The zero-order valence-corrected chi connectivity index (χ0v) is 20.8. The van der Waals surface area contributed by atoms with Gasteiger partial charge in [0.25, 0.3) is 0 Å². The smallest absolute Gasteiger partial charge is 0.335 e. The lowest BCUT2D eigenvalue weighted by Gasteiger charge is -2.26. The molecule has 1 aliphatic heterocycles. The van der Waals surface area contributed by atoms with E-state index < -0.39 is 11.6 Å². The van der Waals surface area contributed by atoms with Gasteiger partial charge < -0.3 is 15.0 Å². The minimum atomic E-state index is -0.474. The second-order valence-electron chi connectivity index (χ2n) is 8.04. The Hall–Kier alpha value is -3.48. The molecule has 1 unspecified atom stereocenters. The predicted octanol–water partition coefficient (Wildman–Crippen LogP) is 5.75. The number of amides is 2. The van der Waals surface area contributed by atoms with Crippen molar-refractivity contribution < 1.29 is 18.3 Å². The van der Waals surface area contributed by atoms with Gasteiger partial charge in [-0.15, -0.1) is 0 Å². The van der Waals surface area contributed by atoms with Crippen LogP contribution in [0.15, 0.2) is 60.9 Å². The van der Waals surface area contributed by atoms with Gasteiger partial charge in [0.05, 0.1) is 42.2 Å². The van der Waals surface area contributed by atoms with Gasteiger partial charge in [0.15, 0.2) is 5.65 Å². The maximum Gasteiger partial charge on any atom is 0.335 e. The lowest BCUT2D eigenvalue weighted by molar-refractivity contribution is 0.260.